The molecule has 0 aromatic heterocycles. The molecule has 1 saturated heterocycles. The van der Waals surface area contributed by atoms with Crippen LogP contribution < -0.4 is 15.3 Å². The summed E-state index contributed by atoms with van der Waals surface area (Å²) in [5.41, 5.74) is -1.71. The Labute approximate surface area is 270 Å². The first-order valence-corrected chi connectivity index (χ1v) is 12.8. The van der Waals surface area contributed by atoms with Gasteiger partial charge in [-0.05, 0) is 0 Å². The zero-order chi connectivity index (χ0) is 30.3. The van der Waals surface area contributed by atoms with Gasteiger partial charge in [0.05, 0.1) is 55.9 Å². The predicted octanol–water partition coefficient (Wildman–Crippen LogP) is -9.08. The summed E-state index contributed by atoms with van der Waals surface area (Å²) in [4.78, 5) is 52.5. The first kappa shape index (κ1) is 39.8. The third kappa shape index (κ3) is 15.8. The quantitative estimate of drug-likeness (QED) is 0.0986. The largest absolute Gasteiger partial charge is 3.00 e. The van der Waals surface area contributed by atoms with Crippen molar-refractivity contribution in [2.24, 2.45) is 0 Å². The molecule has 1 rings (SSSR count). The summed E-state index contributed by atoms with van der Waals surface area (Å²) in [6.45, 7) is -3.49. The van der Waals surface area contributed by atoms with E-state index in [1.807, 2.05) is 0 Å². The molecule has 1 unspecified atom stereocenters. The molecule has 0 bridgehead atoms. The van der Waals surface area contributed by atoms with E-state index in [1.165, 1.54) is 14.7 Å². The first-order valence-electron chi connectivity index (χ1n) is 12.8. The SMILES string of the molecule is O=C([O-])CN1CCN(CC(=O)[O-])CCN(CC(O)CN(CC(=O)O)C(CO)(CO)CO)CCN(CC(=O)[O-])CC1.[Gd+3]. The fourth-order valence-electron chi connectivity index (χ4n) is 4.43. The van der Waals surface area contributed by atoms with E-state index in [1.54, 1.807) is 4.90 Å². The van der Waals surface area contributed by atoms with Crippen LogP contribution in [0.4, 0.5) is 0 Å². The molecule has 0 aromatic rings. The molecule has 17 nitrogen and oxygen atoms in total. The molecule has 0 aliphatic carbocycles. The van der Waals surface area contributed by atoms with Crippen molar-refractivity contribution in [3.05, 3.63) is 0 Å². The molecule has 1 heterocycles. The molecule has 1 aliphatic heterocycles. The minimum Gasteiger partial charge on any atom is -0.549 e. The topological polar surface area (TPSA) is 255 Å². The number of aliphatic hydroxyl groups is 4. The fourth-order valence-corrected chi connectivity index (χ4v) is 4.43. The Balaban J connectivity index is 0.0000160. The van der Waals surface area contributed by atoms with E-state index in [0.29, 0.717) is 0 Å². The van der Waals surface area contributed by atoms with Gasteiger partial charge in [0.2, 0.25) is 0 Å². The molecule has 18 heteroatoms. The minimum absolute atomic E-state index is 0. The summed E-state index contributed by atoms with van der Waals surface area (Å²) in [7, 11) is 0. The Morgan fingerprint density at radius 1 is 0.683 bits per heavy atom. The van der Waals surface area contributed by atoms with Crippen LogP contribution >= 0.6 is 0 Å². The normalized spacial score (nSPS) is 18.2. The Kier molecular flexibility index (Phi) is 20.1. The van der Waals surface area contributed by atoms with Crippen LogP contribution in [0.15, 0.2) is 0 Å². The zero-order valence-electron chi connectivity index (χ0n) is 22.8. The number of carbonyl (C=O) groups excluding carboxylic acids is 3. The van der Waals surface area contributed by atoms with Crippen LogP contribution in [-0.4, -0.2) is 197 Å². The number of carboxylic acids is 4. The molecular weight excluding hydrogens is 696 g/mol. The minimum atomic E-state index is -1.71. The van der Waals surface area contributed by atoms with Crippen molar-refractivity contribution in [1.29, 1.82) is 0 Å². The Bertz CT molecular complexity index is 782. The van der Waals surface area contributed by atoms with Gasteiger partial charge in [0.1, 0.15) is 0 Å². The number of rotatable bonds is 16. The van der Waals surface area contributed by atoms with Gasteiger partial charge in [0.15, 0.2) is 0 Å². The number of carbonyl (C=O) groups is 4. The monoisotopic (exact) mass is 736 g/mol. The van der Waals surface area contributed by atoms with E-state index < -0.39 is 81.5 Å². The molecule has 41 heavy (non-hydrogen) atoms. The van der Waals surface area contributed by atoms with Gasteiger partial charge in [-0.1, -0.05) is 0 Å². The van der Waals surface area contributed by atoms with Crippen molar-refractivity contribution in [3.63, 3.8) is 0 Å². The van der Waals surface area contributed by atoms with Gasteiger partial charge in [0, 0.05) is 85.1 Å². The Morgan fingerprint density at radius 2 is 1.00 bits per heavy atom. The van der Waals surface area contributed by atoms with Crippen LogP contribution in [0.25, 0.3) is 0 Å². The van der Waals surface area contributed by atoms with Crippen LogP contribution in [0.1, 0.15) is 0 Å². The fraction of sp³-hybridized carbons (Fsp3) is 0.826. The van der Waals surface area contributed by atoms with Crippen LogP contribution in [0, 0.1) is 39.9 Å². The number of aliphatic carboxylic acids is 4. The van der Waals surface area contributed by atoms with E-state index in [9.17, 15) is 60.0 Å². The number of hydrogen-bond donors (Lipinski definition) is 5. The second kappa shape index (κ2) is 20.7. The average Bonchev–Trinajstić information content (AvgIpc) is 2.85. The maximum absolute atomic E-state index is 11.4. The van der Waals surface area contributed by atoms with Gasteiger partial charge < -0.3 is 55.2 Å². The van der Waals surface area contributed by atoms with Gasteiger partial charge >= 0.3 is 45.9 Å². The summed E-state index contributed by atoms with van der Waals surface area (Å²) < 4.78 is 0. The van der Waals surface area contributed by atoms with E-state index in [4.69, 9.17) is 0 Å². The second-order valence-electron chi connectivity index (χ2n) is 9.87. The molecular formula is C23H40GdN5O12. The third-order valence-corrected chi connectivity index (χ3v) is 6.77. The van der Waals surface area contributed by atoms with Crippen molar-refractivity contribution >= 4 is 23.9 Å². The van der Waals surface area contributed by atoms with Gasteiger partial charge in [-0.15, -0.1) is 0 Å². The molecule has 0 aromatic carbocycles. The van der Waals surface area contributed by atoms with Crippen LogP contribution in [0.2, 0.25) is 0 Å². The summed E-state index contributed by atoms with van der Waals surface area (Å²) in [6.07, 6.45) is -1.25. The molecule has 1 fully saturated rings. The van der Waals surface area contributed by atoms with Crippen LogP contribution in [0.5, 0.6) is 0 Å². The summed E-state index contributed by atoms with van der Waals surface area (Å²) in [6, 6.07) is 0. The second-order valence-corrected chi connectivity index (χ2v) is 9.87. The third-order valence-electron chi connectivity index (χ3n) is 6.77. The Morgan fingerprint density at radius 3 is 1.27 bits per heavy atom. The predicted molar refractivity (Wildman–Crippen MR) is 130 cm³/mol. The zero-order valence-corrected chi connectivity index (χ0v) is 25.1. The maximum Gasteiger partial charge on any atom is 3.00 e. The van der Waals surface area contributed by atoms with Crippen molar-refractivity contribution in [3.8, 4) is 0 Å². The average molecular weight is 736 g/mol. The number of hydrogen-bond acceptors (Lipinski definition) is 16. The number of carboxylic acid groups (broad SMARTS) is 4. The van der Waals surface area contributed by atoms with E-state index >= 15 is 0 Å². The van der Waals surface area contributed by atoms with Gasteiger partial charge in [0.25, 0.3) is 0 Å². The molecule has 5 N–H and O–H groups in total. The molecule has 237 valence electrons. The maximum atomic E-state index is 11.4. The van der Waals surface area contributed by atoms with Crippen molar-refractivity contribution in [1.82, 2.24) is 24.5 Å². The van der Waals surface area contributed by atoms with Gasteiger partial charge in [-0.25, -0.2) is 0 Å². The van der Waals surface area contributed by atoms with Crippen LogP contribution in [-0.2, 0) is 19.2 Å². The van der Waals surface area contributed by atoms with Crippen molar-refractivity contribution in [2.75, 3.05) is 111 Å². The number of aliphatic hydroxyl groups excluding tert-OH is 4. The van der Waals surface area contributed by atoms with Crippen molar-refractivity contribution in [2.45, 2.75) is 11.6 Å². The number of nitrogens with zero attached hydrogens (tertiary/aromatic N) is 5. The van der Waals surface area contributed by atoms with E-state index in [2.05, 4.69) is 0 Å². The summed E-state index contributed by atoms with van der Waals surface area (Å²) in [5.74, 6) is -5.35. The molecule has 0 amide bonds. The molecule has 0 spiro atoms. The summed E-state index contributed by atoms with van der Waals surface area (Å²) in [5, 5.41) is 83.1. The molecule has 1 atom stereocenters. The van der Waals surface area contributed by atoms with Crippen LogP contribution in [0.3, 0.4) is 0 Å². The standard InChI is InChI=1S/C23H43N5O12.Gd/c29-15-23(16-30,17-31)28(14-22(39)40)10-18(32)9-24-1-3-25(11-19(33)34)5-7-27(13-21(37)38)8-6-26(4-2-24)12-20(35)36;/h18,29-32H,1-17H2,(H,33,34)(H,35,36)(H,37,38)(H,39,40);/q;+3/p-3. The van der Waals surface area contributed by atoms with Gasteiger partial charge in [-0.3, -0.25) is 29.3 Å². The molecule has 1 aliphatic rings. The first-order chi connectivity index (χ1) is 18.8. The van der Waals surface area contributed by atoms with Crippen molar-refractivity contribution < 1.29 is 100.0 Å². The van der Waals surface area contributed by atoms with Gasteiger partial charge in [-0.2, -0.15) is 0 Å². The van der Waals surface area contributed by atoms with E-state index in [0.717, 1.165) is 4.90 Å². The molecule has 1 radical (unpaired) electrons. The van der Waals surface area contributed by atoms with E-state index in [-0.39, 0.29) is 105 Å². The smallest absolute Gasteiger partial charge is 0.549 e. The summed E-state index contributed by atoms with van der Waals surface area (Å²) >= 11 is 0. The molecule has 0 saturated carbocycles. The Hall–Kier alpha value is -1.16. The number of β-amino-alcohol motifs (C(OH)–C–C–N with tert-alkyl or cyclic N) is 1.